The van der Waals surface area contributed by atoms with Gasteiger partial charge in [0.05, 0.1) is 16.6 Å². The molecule has 0 aromatic carbocycles. The van der Waals surface area contributed by atoms with E-state index < -0.39 is 6.10 Å². The monoisotopic (exact) mass is 323 g/mol. The molecule has 0 aliphatic heterocycles. The summed E-state index contributed by atoms with van der Waals surface area (Å²) in [4.78, 5) is 11.7. The topological polar surface area (TPSA) is 42.2 Å². The second-order valence-corrected chi connectivity index (χ2v) is 4.97. The van der Waals surface area contributed by atoms with Crippen molar-refractivity contribution in [2.24, 2.45) is 0 Å². The Morgan fingerprint density at radius 2 is 2.00 bits per heavy atom. The average Bonchev–Trinajstić information content (AvgIpc) is 2.09. The maximum Gasteiger partial charge on any atom is 0.265 e. The maximum atomic E-state index is 11.7. The molecular formula is C9H11Br2NO2. The van der Waals surface area contributed by atoms with Gasteiger partial charge in [-0.1, -0.05) is 0 Å². The molecule has 3 nitrogen and oxygen atoms in total. The Morgan fingerprint density at radius 3 is 2.50 bits per heavy atom. The van der Waals surface area contributed by atoms with Gasteiger partial charge in [-0.15, -0.1) is 0 Å². The third-order valence-electron chi connectivity index (χ3n) is 2.10. The molecule has 0 fully saturated rings. The molecule has 0 bridgehead atoms. The van der Waals surface area contributed by atoms with E-state index in [0.717, 1.165) is 4.47 Å². The summed E-state index contributed by atoms with van der Waals surface area (Å²) in [6.07, 6.45) is 1.11. The average molecular weight is 325 g/mol. The van der Waals surface area contributed by atoms with E-state index in [9.17, 15) is 9.90 Å². The molecule has 0 spiro atoms. The van der Waals surface area contributed by atoms with E-state index in [-0.39, 0.29) is 11.6 Å². The fraction of sp³-hybridized carbons (Fsp3) is 0.444. The quantitative estimate of drug-likeness (QED) is 0.907. The first kappa shape index (κ1) is 11.9. The van der Waals surface area contributed by atoms with Crippen LogP contribution in [-0.4, -0.2) is 15.8 Å². The van der Waals surface area contributed by atoms with Crippen LogP contribution in [0.4, 0.5) is 0 Å². The zero-order valence-electron chi connectivity index (χ0n) is 7.87. The number of aliphatic hydroxyl groups is 1. The van der Waals surface area contributed by atoms with Gasteiger partial charge in [0, 0.05) is 10.7 Å². The first-order chi connectivity index (χ1) is 6.43. The second-order valence-electron chi connectivity index (χ2n) is 3.20. The Labute approximate surface area is 99.0 Å². The minimum Gasteiger partial charge on any atom is -0.391 e. The summed E-state index contributed by atoms with van der Waals surface area (Å²) in [5.41, 5.74) is -0.137. The van der Waals surface area contributed by atoms with Gasteiger partial charge in [0.2, 0.25) is 0 Å². The zero-order valence-corrected chi connectivity index (χ0v) is 11.0. The number of hydrogen-bond donors (Lipinski definition) is 1. The Bertz CT molecular complexity index is 387. The van der Waals surface area contributed by atoms with Crippen LogP contribution in [0.2, 0.25) is 0 Å². The van der Waals surface area contributed by atoms with E-state index in [1.54, 1.807) is 26.1 Å². The molecule has 1 heterocycles. The molecule has 78 valence electrons. The fourth-order valence-corrected chi connectivity index (χ4v) is 2.28. The van der Waals surface area contributed by atoms with E-state index in [1.165, 1.54) is 4.57 Å². The summed E-state index contributed by atoms with van der Waals surface area (Å²) in [5, 5.41) is 9.39. The summed E-state index contributed by atoms with van der Waals surface area (Å²) >= 11 is 6.46. The normalized spacial score (nSPS) is 15.2. The molecule has 2 atom stereocenters. The number of hydrogen-bond acceptors (Lipinski definition) is 2. The molecule has 0 aliphatic rings. The Balaban J connectivity index is 3.27. The van der Waals surface area contributed by atoms with Gasteiger partial charge in [-0.25, -0.2) is 0 Å². The van der Waals surface area contributed by atoms with Crippen LogP contribution in [-0.2, 0) is 0 Å². The van der Waals surface area contributed by atoms with E-state index in [1.807, 2.05) is 0 Å². The van der Waals surface area contributed by atoms with Gasteiger partial charge in [-0.3, -0.25) is 4.79 Å². The van der Waals surface area contributed by atoms with Gasteiger partial charge in [0.15, 0.2) is 0 Å². The lowest BCUT2D eigenvalue weighted by Gasteiger charge is -2.18. The third-order valence-corrected chi connectivity index (χ3v) is 3.10. The highest BCUT2D eigenvalue weighted by atomic mass is 79.9. The van der Waals surface area contributed by atoms with Gasteiger partial charge in [0.25, 0.3) is 5.56 Å². The van der Waals surface area contributed by atoms with Crippen LogP contribution in [0.15, 0.2) is 26.0 Å². The lowest BCUT2D eigenvalue weighted by molar-refractivity contribution is 0.137. The first-order valence-corrected chi connectivity index (χ1v) is 5.77. The van der Waals surface area contributed by atoms with Crippen molar-refractivity contribution in [1.82, 2.24) is 4.57 Å². The molecule has 0 aliphatic carbocycles. The summed E-state index contributed by atoms with van der Waals surface area (Å²) in [6.45, 7) is 3.46. The molecule has 1 rings (SSSR count). The highest BCUT2D eigenvalue weighted by molar-refractivity contribution is 9.11. The summed E-state index contributed by atoms with van der Waals surface area (Å²) in [7, 11) is 0. The van der Waals surface area contributed by atoms with Crippen LogP contribution in [0.5, 0.6) is 0 Å². The van der Waals surface area contributed by atoms with Gasteiger partial charge >= 0.3 is 0 Å². The number of halogens is 2. The standard InChI is InChI=1S/C9H11Br2NO2/c1-5(6(2)13)12-4-7(10)3-8(11)9(12)14/h3-6,13H,1-2H3. The molecule has 1 aromatic heterocycles. The number of aliphatic hydroxyl groups excluding tert-OH is 1. The van der Waals surface area contributed by atoms with Crippen LogP contribution >= 0.6 is 31.9 Å². The molecule has 0 radical (unpaired) electrons. The number of aromatic nitrogens is 1. The summed E-state index contributed by atoms with van der Waals surface area (Å²) in [5.74, 6) is 0. The predicted octanol–water partition coefficient (Wildman–Crippen LogP) is 2.32. The Kier molecular flexibility index (Phi) is 3.92. The van der Waals surface area contributed by atoms with Crippen molar-refractivity contribution in [3.8, 4) is 0 Å². The van der Waals surface area contributed by atoms with E-state index >= 15 is 0 Å². The molecule has 0 saturated carbocycles. The van der Waals surface area contributed by atoms with Crippen molar-refractivity contribution < 1.29 is 5.11 Å². The lowest BCUT2D eigenvalue weighted by Crippen LogP contribution is -2.29. The molecule has 1 N–H and O–H groups in total. The molecule has 14 heavy (non-hydrogen) atoms. The summed E-state index contributed by atoms with van der Waals surface area (Å²) < 4.78 is 2.79. The van der Waals surface area contributed by atoms with Crippen molar-refractivity contribution in [2.45, 2.75) is 26.0 Å². The van der Waals surface area contributed by atoms with Crippen molar-refractivity contribution in [2.75, 3.05) is 0 Å². The van der Waals surface area contributed by atoms with Crippen LogP contribution in [0.25, 0.3) is 0 Å². The highest BCUT2D eigenvalue weighted by Gasteiger charge is 2.14. The highest BCUT2D eigenvalue weighted by Crippen LogP contribution is 2.16. The zero-order chi connectivity index (χ0) is 10.9. The maximum absolute atomic E-state index is 11.7. The molecule has 5 heteroatoms. The van der Waals surface area contributed by atoms with Crippen LogP contribution < -0.4 is 5.56 Å². The molecule has 0 amide bonds. The largest absolute Gasteiger partial charge is 0.391 e. The number of rotatable bonds is 2. The smallest absolute Gasteiger partial charge is 0.265 e. The molecular weight excluding hydrogens is 314 g/mol. The van der Waals surface area contributed by atoms with Crippen molar-refractivity contribution in [1.29, 1.82) is 0 Å². The van der Waals surface area contributed by atoms with Gasteiger partial charge in [0.1, 0.15) is 0 Å². The second kappa shape index (κ2) is 4.59. The predicted molar refractivity (Wildman–Crippen MR) is 62.5 cm³/mol. The SMILES string of the molecule is CC(O)C(C)n1cc(Br)cc(Br)c1=O. The van der Waals surface area contributed by atoms with Gasteiger partial charge in [-0.2, -0.15) is 0 Å². The Morgan fingerprint density at radius 1 is 1.43 bits per heavy atom. The Hall–Kier alpha value is -0.130. The minimum atomic E-state index is -0.561. The lowest BCUT2D eigenvalue weighted by atomic mass is 10.2. The van der Waals surface area contributed by atoms with Crippen molar-refractivity contribution in [3.63, 3.8) is 0 Å². The van der Waals surface area contributed by atoms with Crippen molar-refractivity contribution in [3.05, 3.63) is 31.6 Å². The van der Waals surface area contributed by atoms with Crippen LogP contribution in [0, 0.1) is 0 Å². The molecule has 0 saturated heterocycles. The van der Waals surface area contributed by atoms with Crippen molar-refractivity contribution >= 4 is 31.9 Å². The van der Waals surface area contributed by atoms with Gasteiger partial charge < -0.3 is 9.67 Å². The molecule has 1 aromatic rings. The number of nitrogens with zero attached hydrogens (tertiary/aromatic N) is 1. The fourth-order valence-electron chi connectivity index (χ4n) is 1.07. The first-order valence-electron chi connectivity index (χ1n) is 4.18. The van der Waals surface area contributed by atoms with E-state index in [4.69, 9.17) is 0 Å². The van der Waals surface area contributed by atoms with Crippen LogP contribution in [0.3, 0.4) is 0 Å². The number of pyridine rings is 1. The van der Waals surface area contributed by atoms with Gasteiger partial charge in [-0.05, 0) is 51.8 Å². The summed E-state index contributed by atoms with van der Waals surface area (Å²) in [6, 6.07) is 1.45. The van der Waals surface area contributed by atoms with E-state index in [2.05, 4.69) is 31.9 Å². The third kappa shape index (κ3) is 2.46. The van der Waals surface area contributed by atoms with E-state index in [0.29, 0.717) is 4.47 Å². The van der Waals surface area contributed by atoms with Crippen LogP contribution in [0.1, 0.15) is 19.9 Å². The minimum absolute atomic E-state index is 0.137. The molecule has 2 unspecified atom stereocenters.